The van der Waals surface area contributed by atoms with Crippen LogP contribution < -0.4 is 10.1 Å². The molecule has 2 aromatic rings. The highest BCUT2D eigenvalue weighted by atomic mass is 79.9. The number of aryl methyl sites for hydroxylation is 2. The molecule has 0 saturated carbocycles. The van der Waals surface area contributed by atoms with Gasteiger partial charge in [0, 0.05) is 0 Å². The third-order valence-electron chi connectivity index (χ3n) is 3.40. The van der Waals surface area contributed by atoms with E-state index >= 15 is 0 Å². The summed E-state index contributed by atoms with van der Waals surface area (Å²) in [6, 6.07) is 6.99. The second kappa shape index (κ2) is 7.53. The summed E-state index contributed by atoms with van der Waals surface area (Å²) in [5.41, 5.74) is 1.17. The van der Waals surface area contributed by atoms with Crippen LogP contribution in [-0.4, -0.2) is 23.1 Å². The van der Waals surface area contributed by atoms with Crippen molar-refractivity contribution in [3.8, 4) is 5.75 Å². The second-order valence-electron chi connectivity index (χ2n) is 5.40. The van der Waals surface area contributed by atoms with Gasteiger partial charge in [0.1, 0.15) is 22.8 Å². The number of aromatic carboxylic acids is 1. The molecule has 0 saturated heterocycles. The summed E-state index contributed by atoms with van der Waals surface area (Å²) >= 11 is 3.40. The number of carbonyl (C=O) groups excluding carboxylic acids is 1. The number of rotatable bonds is 6. The third kappa shape index (κ3) is 4.38. The monoisotopic (exact) mass is 395 g/mol. The summed E-state index contributed by atoms with van der Waals surface area (Å²) in [4.78, 5) is 23.1. The Balaban J connectivity index is 1.94. The number of furan rings is 1. The molecule has 0 aliphatic heterocycles. The summed E-state index contributed by atoms with van der Waals surface area (Å²) in [6.45, 7) is 5.25. The highest BCUT2D eigenvalue weighted by Crippen LogP contribution is 2.26. The number of carboxylic acids is 1. The third-order valence-corrected chi connectivity index (χ3v) is 4.02. The Bertz CT molecular complexity index is 768. The Hall–Kier alpha value is -2.28. The van der Waals surface area contributed by atoms with E-state index in [0.29, 0.717) is 17.3 Å². The Morgan fingerprint density at radius 3 is 2.62 bits per heavy atom. The van der Waals surface area contributed by atoms with Crippen molar-refractivity contribution < 1.29 is 23.8 Å². The number of hydrogen-bond donors (Lipinski definition) is 2. The van der Waals surface area contributed by atoms with Gasteiger partial charge in [-0.1, -0.05) is 6.07 Å². The van der Waals surface area contributed by atoms with Gasteiger partial charge in [0.15, 0.2) is 6.10 Å². The zero-order valence-corrected chi connectivity index (χ0v) is 15.1. The lowest BCUT2D eigenvalue weighted by molar-refractivity contribution is -0.127. The molecule has 1 unspecified atom stereocenters. The molecule has 24 heavy (non-hydrogen) atoms. The summed E-state index contributed by atoms with van der Waals surface area (Å²) in [7, 11) is 0. The minimum atomic E-state index is -1.06. The van der Waals surface area contributed by atoms with Crippen LogP contribution in [0.3, 0.4) is 0 Å². The standard InChI is InChI=1S/C17H18BrNO5/c1-9-4-5-15(14(18)6-9)24-11(3)16(20)19-8-12-7-13(17(21)22)10(2)23-12/h4-7,11H,8H2,1-3H3,(H,19,20)(H,21,22). The molecule has 2 rings (SSSR count). The maximum atomic E-state index is 12.1. The average molecular weight is 396 g/mol. The van der Waals surface area contributed by atoms with Gasteiger partial charge in [0.25, 0.3) is 5.91 Å². The number of carbonyl (C=O) groups is 2. The molecular weight excluding hydrogens is 378 g/mol. The minimum Gasteiger partial charge on any atom is -0.480 e. The van der Waals surface area contributed by atoms with Crippen LogP contribution >= 0.6 is 15.9 Å². The largest absolute Gasteiger partial charge is 0.480 e. The van der Waals surface area contributed by atoms with Crippen LogP contribution in [0.15, 0.2) is 33.2 Å². The van der Waals surface area contributed by atoms with Crippen molar-refractivity contribution in [3.63, 3.8) is 0 Å². The van der Waals surface area contributed by atoms with E-state index in [1.807, 2.05) is 19.1 Å². The first-order valence-electron chi connectivity index (χ1n) is 7.31. The maximum Gasteiger partial charge on any atom is 0.339 e. The van der Waals surface area contributed by atoms with Gasteiger partial charge in [0.2, 0.25) is 0 Å². The molecule has 1 atom stereocenters. The number of halogens is 1. The van der Waals surface area contributed by atoms with Gasteiger partial charge in [0.05, 0.1) is 11.0 Å². The van der Waals surface area contributed by atoms with Crippen LogP contribution in [-0.2, 0) is 11.3 Å². The number of ether oxygens (including phenoxy) is 1. The zero-order valence-electron chi connectivity index (χ0n) is 13.6. The molecule has 2 N–H and O–H groups in total. The number of carboxylic acid groups (broad SMARTS) is 1. The lowest BCUT2D eigenvalue weighted by atomic mass is 10.2. The topological polar surface area (TPSA) is 88.8 Å². The minimum absolute atomic E-state index is 0.0899. The molecule has 1 amide bonds. The van der Waals surface area contributed by atoms with Crippen LogP contribution in [0.5, 0.6) is 5.75 Å². The molecule has 0 aliphatic carbocycles. The van der Waals surface area contributed by atoms with E-state index in [9.17, 15) is 9.59 Å². The smallest absolute Gasteiger partial charge is 0.339 e. The highest BCUT2D eigenvalue weighted by Gasteiger charge is 2.18. The molecule has 0 spiro atoms. The Labute approximate surface area is 147 Å². The molecular formula is C17H18BrNO5. The van der Waals surface area contributed by atoms with E-state index in [2.05, 4.69) is 21.2 Å². The highest BCUT2D eigenvalue weighted by molar-refractivity contribution is 9.10. The number of amides is 1. The normalized spacial score (nSPS) is 11.8. The molecule has 0 fully saturated rings. The quantitative estimate of drug-likeness (QED) is 0.781. The average Bonchev–Trinajstić information content (AvgIpc) is 2.88. The van der Waals surface area contributed by atoms with Gasteiger partial charge in [-0.2, -0.15) is 0 Å². The molecule has 0 aliphatic rings. The van der Waals surface area contributed by atoms with E-state index in [0.717, 1.165) is 10.0 Å². The first kappa shape index (κ1) is 18.1. The predicted molar refractivity (Wildman–Crippen MR) is 91.2 cm³/mol. The van der Waals surface area contributed by atoms with Gasteiger partial charge < -0.3 is 19.6 Å². The van der Waals surface area contributed by atoms with Crippen molar-refractivity contribution >= 4 is 27.8 Å². The predicted octanol–water partition coefficient (Wildman–Crippen LogP) is 3.44. The first-order chi connectivity index (χ1) is 11.3. The van der Waals surface area contributed by atoms with E-state index in [1.54, 1.807) is 19.9 Å². The van der Waals surface area contributed by atoms with Crippen molar-refractivity contribution in [2.24, 2.45) is 0 Å². The Morgan fingerprint density at radius 2 is 2.04 bits per heavy atom. The van der Waals surface area contributed by atoms with Crippen molar-refractivity contribution in [2.45, 2.75) is 33.4 Å². The number of nitrogens with one attached hydrogen (secondary N) is 1. The van der Waals surface area contributed by atoms with Crippen LogP contribution in [0, 0.1) is 13.8 Å². The molecule has 128 valence electrons. The molecule has 1 heterocycles. The second-order valence-corrected chi connectivity index (χ2v) is 6.25. The molecule has 0 bridgehead atoms. The van der Waals surface area contributed by atoms with Gasteiger partial charge in [-0.3, -0.25) is 4.79 Å². The summed E-state index contributed by atoms with van der Waals surface area (Å²) < 4.78 is 11.7. The van der Waals surface area contributed by atoms with E-state index in [-0.39, 0.29) is 18.0 Å². The Kier molecular flexibility index (Phi) is 5.66. The van der Waals surface area contributed by atoms with Crippen molar-refractivity contribution in [1.82, 2.24) is 5.32 Å². The van der Waals surface area contributed by atoms with Crippen molar-refractivity contribution in [2.75, 3.05) is 0 Å². The number of hydrogen-bond acceptors (Lipinski definition) is 4. The lowest BCUT2D eigenvalue weighted by Crippen LogP contribution is -2.35. The van der Waals surface area contributed by atoms with Crippen LogP contribution in [0.2, 0.25) is 0 Å². The summed E-state index contributed by atoms with van der Waals surface area (Å²) in [5.74, 6) is -0.130. The zero-order chi connectivity index (χ0) is 17.9. The van der Waals surface area contributed by atoms with Crippen LogP contribution in [0.1, 0.15) is 34.4 Å². The SMILES string of the molecule is Cc1ccc(OC(C)C(=O)NCc2cc(C(=O)O)c(C)o2)c(Br)c1. The molecule has 1 aromatic heterocycles. The van der Waals surface area contributed by atoms with Gasteiger partial charge >= 0.3 is 5.97 Å². The van der Waals surface area contributed by atoms with Crippen molar-refractivity contribution in [1.29, 1.82) is 0 Å². The fraction of sp³-hybridized carbons (Fsp3) is 0.294. The summed E-state index contributed by atoms with van der Waals surface area (Å²) in [6.07, 6.45) is -0.709. The van der Waals surface area contributed by atoms with Gasteiger partial charge in [-0.05, 0) is 60.5 Å². The van der Waals surface area contributed by atoms with Crippen LogP contribution in [0.4, 0.5) is 0 Å². The van der Waals surface area contributed by atoms with E-state index < -0.39 is 12.1 Å². The molecule has 0 radical (unpaired) electrons. The molecule has 7 heteroatoms. The lowest BCUT2D eigenvalue weighted by Gasteiger charge is -2.15. The molecule has 6 nitrogen and oxygen atoms in total. The maximum absolute atomic E-state index is 12.1. The van der Waals surface area contributed by atoms with E-state index in [1.165, 1.54) is 6.07 Å². The first-order valence-corrected chi connectivity index (χ1v) is 8.10. The number of benzene rings is 1. The van der Waals surface area contributed by atoms with Crippen LogP contribution in [0.25, 0.3) is 0 Å². The van der Waals surface area contributed by atoms with Crippen molar-refractivity contribution in [3.05, 3.63) is 51.4 Å². The summed E-state index contributed by atoms with van der Waals surface area (Å²) in [5, 5.41) is 11.6. The fourth-order valence-electron chi connectivity index (χ4n) is 2.11. The fourth-order valence-corrected chi connectivity index (χ4v) is 2.69. The van der Waals surface area contributed by atoms with E-state index in [4.69, 9.17) is 14.3 Å². The van der Waals surface area contributed by atoms with Gasteiger partial charge in [-0.15, -0.1) is 0 Å². The molecule has 1 aromatic carbocycles. The Morgan fingerprint density at radius 1 is 1.33 bits per heavy atom. The van der Waals surface area contributed by atoms with Gasteiger partial charge in [-0.25, -0.2) is 4.79 Å².